The van der Waals surface area contributed by atoms with Crippen molar-refractivity contribution in [1.29, 1.82) is 0 Å². The van der Waals surface area contributed by atoms with Crippen LogP contribution in [0.15, 0.2) is 18.2 Å². The highest BCUT2D eigenvalue weighted by Crippen LogP contribution is 2.34. The number of aliphatic hydroxyl groups is 1. The number of carbonyl (C=O) groups is 1. The van der Waals surface area contributed by atoms with Crippen LogP contribution in [0.5, 0.6) is 0 Å². The second-order valence-corrected chi connectivity index (χ2v) is 5.77. The smallest absolute Gasteiger partial charge is 0.252 e. The van der Waals surface area contributed by atoms with Crippen molar-refractivity contribution >= 4 is 5.91 Å². The van der Waals surface area contributed by atoms with E-state index in [4.69, 9.17) is 5.11 Å². The van der Waals surface area contributed by atoms with E-state index >= 15 is 0 Å². The van der Waals surface area contributed by atoms with Crippen molar-refractivity contribution in [3.05, 3.63) is 34.9 Å². The summed E-state index contributed by atoms with van der Waals surface area (Å²) in [6, 6.07) is 5.86. The predicted octanol–water partition coefficient (Wildman–Crippen LogP) is 2.65. The van der Waals surface area contributed by atoms with Crippen LogP contribution in [0.2, 0.25) is 0 Å². The first-order chi connectivity index (χ1) is 10.1. The average molecular weight is 285 g/mol. The van der Waals surface area contributed by atoms with Crippen molar-refractivity contribution < 1.29 is 9.90 Å². The predicted molar refractivity (Wildman–Crippen MR) is 84.0 cm³/mol. The molecule has 0 heterocycles. The standard InChI is InChI=1S/C18H23NO2/c1-3-16(12-14-7-8-14)19-18(21)17-9-6-13(2)11-15(17)5-4-10-20/h6,9,11,14,16,20H,3,7-8,10,12H2,1-2H3,(H,19,21). The zero-order valence-corrected chi connectivity index (χ0v) is 12.8. The Kier molecular flexibility index (Phi) is 5.41. The maximum absolute atomic E-state index is 12.5. The maximum Gasteiger partial charge on any atom is 0.252 e. The molecule has 1 fully saturated rings. The molecule has 1 unspecified atom stereocenters. The summed E-state index contributed by atoms with van der Waals surface area (Å²) in [7, 11) is 0. The molecule has 1 aliphatic carbocycles. The Bertz CT molecular complexity index is 564. The number of hydrogen-bond acceptors (Lipinski definition) is 2. The van der Waals surface area contributed by atoms with Gasteiger partial charge in [0.2, 0.25) is 0 Å². The average Bonchev–Trinajstić information content (AvgIpc) is 3.28. The number of hydrogen-bond donors (Lipinski definition) is 2. The maximum atomic E-state index is 12.5. The van der Waals surface area contributed by atoms with Crippen LogP contribution in [-0.4, -0.2) is 23.7 Å². The highest BCUT2D eigenvalue weighted by molar-refractivity contribution is 5.97. The van der Waals surface area contributed by atoms with E-state index in [9.17, 15) is 4.79 Å². The van der Waals surface area contributed by atoms with Gasteiger partial charge in [0.25, 0.3) is 5.91 Å². The topological polar surface area (TPSA) is 49.3 Å². The third kappa shape index (κ3) is 4.61. The van der Waals surface area contributed by atoms with Crippen LogP contribution in [0.4, 0.5) is 0 Å². The van der Waals surface area contributed by atoms with E-state index in [-0.39, 0.29) is 18.6 Å². The minimum atomic E-state index is -0.200. The molecule has 21 heavy (non-hydrogen) atoms. The Morgan fingerprint density at radius 1 is 1.48 bits per heavy atom. The number of rotatable bonds is 5. The Labute approximate surface area is 126 Å². The normalized spacial score (nSPS) is 15.0. The summed E-state index contributed by atoms with van der Waals surface area (Å²) in [6.45, 7) is 3.87. The van der Waals surface area contributed by atoms with E-state index < -0.39 is 0 Å². The molecule has 112 valence electrons. The van der Waals surface area contributed by atoms with Gasteiger partial charge in [-0.1, -0.05) is 37.7 Å². The van der Waals surface area contributed by atoms with E-state index in [0.717, 1.165) is 24.3 Å². The van der Waals surface area contributed by atoms with Crippen LogP contribution in [0.25, 0.3) is 0 Å². The van der Waals surface area contributed by atoms with Gasteiger partial charge in [-0.25, -0.2) is 0 Å². The molecule has 0 bridgehead atoms. The number of benzene rings is 1. The molecule has 0 aromatic heterocycles. The second-order valence-electron chi connectivity index (χ2n) is 5.77. The number of carbonyl (C=O) groups excluding carboxylic acids is 1. The van der Waals surface area contributed by atoms with E-state index in [2.05, 4.69) is 24.1 Å². The zero-order chi connectivity index (χ0) is 15.2. The molecule has 1 aromatic carbocycles. The monoisotopic (exact) mass is 285 g/mol. The Hall–Kier alpha value is -1.79. The van der Waals surface area contributed by atoms with Crippen LogP contribution >= 0.6 is 0 Å². The molecule has 0 saturated heterocycles. The number of aliphatic hydroxyl groups excluding tert-OH is 1. The molecule has 0 spiro atoms. The third-order valence-corrected chi connectivity index (χ3v) is 3.86. The molecule has 1 aliphatic rings. The molecule has 1 aromatic rings. The Balaban J connectivity index is 2.13. The fourth-order valence-electron chi connectivity index (χ4n) is 2.44. The molecule has 1 saturated carbocycles. The molecule has 3 heteroatoms. The molecule has 0 aliphatic heterocycles. The van der Waals surface area contributed by atoms with Crippen molar-refractivity contribution in [1.82, 2.24) is 5.32 Å². The van der Waals surface area contributed by atoms with Gasteiger partial charge in [-0.3, -0.25) is 4.79 Å². The molecule has 3 nitrogen and oxygen atoms in total. The Morgan fingerprint density at radius 3 is 2.86 bits per heavy atom. The van der Waals surface area contributed by atoms with Crippen molar-refractivity contribution in [2.75, 3.05) is 6.61 Å². The molecule has 2 N–H and O–H groups in total. The third-order valence-electron chi connectivity index (χ3n) is 3.86. The minimum Gasteiger partial charge on any atom is -0.384 e. The largest absolute Gasteiger partial charge is 0.384 e. The van der Waals surface area contributed by atoms with E-state index in [0.29, 0.717) is 11.1 Å². The minimum absolute atomic E-state index is 0.0651. The van der Waals surface area contributed by atoms with Gasteiger partial charge in [0, 0.05) is 11.6 Å². The fourth-order valence-corrected chi connectivity index (χ4v) is 2.44. The van der Waals surface area contributed by atoms with Gasteiger partial charge < -0.3 is 10.4 Å². The highest BCUT2D eigenvalue weighted by Gasteiger charge is 2.26. The molecule has 1 atom stereocenters. The second kappa shape index (κ2) is 7.28. The van der Waals surface area contributed by atoms with Gasteiger partial charge in [0.15, 0.2) is 0 Å². The summed E-state index contributed by atoms with van der Waals surface area (Å²) in [6.07, 6.45) is 4.62. The number of aryl methyl sites for hydroxylation is 1. The lowest BCUT2D eigenvalue weighted by atomic mass is 10.0. The first-order valence-electron chi connectivity index (χ1n) is 7.65. The van der Waals surface area contributed by atoms with Gasteiger partial charge in [0.05, 0.1) is 5.56 Å². The van der Waals surface area contributed by atoms with Gasteiger partial charge >= 0.3 is 0 Å². The molecular formula is C18H23NO2. The van der Waals surface area contributed by atoms with Crippen LogP contribution < -0.4 is 5.32 Å². The number of amides is 1. The van der Waals surface area contributed by atoms with Crippen LogP contribution in [0.3, 0.4) is 0 Å². The van der Waals surface area contributed by atoms with Crippen molar-refractivity contribution in [3.63, 3.8) is 0 Å². The van der Waals surface area contributed by atoms with E-state index in [1.54, 1.807) is 0 Å². The van der Waals surface area contributed by atoms with Crippen molar-refractivity contribution in [3.8, 4) is 11.8 Å². The molecule has 2 rings (SSSR count). The molecule has 1 amide bonds. The summed E-state index contributed by atoms with van der Waals surface area (Å²) >= 11 is 0. The number of nitrogens with one attached hydrogen (secondary N) is 1. The van der Waals surface area contributed by atoms with Crippen molar-refractivity contribution in [2.24, 2.45) is 5.92 Å². The van der Waals surface area contributed by atoms with Crippen LogP contribution in [0.1, 0.15) is 54.1 Å². The summed E-state index contributed by atoms with van der Waals surface area (Å²) in [5.74, 6) is 6.22. The van der Waals surface area contributed by atoms with Gasteiger partial charge in [-0.05, 0) is 43.4 Å². The summed E-state index contributed by atoms with van der Waals surface area (Å²) in [5, 5.41) is 12.0. The summed E-state index contributed by atoms with van der Waals surface area (Å²) in [5.41, 5.74) is 2.33. The van der Waals surface area contributed by atoms with E-state index in [1.165, 1.54) is 12.8 Å². The summed E-state index contributed by atoms with van der Waals surface area (Å²) in [4.78, 5) is 12.5. The first-order valence-corrected chi connectivity index (χ1v) is 7.65. The highest BCUT2D eigenvalue weighted by atomic mass is 16.2. The van der Waals surface area contributed by atoms with Gasteiger partial charge in [-0.15, -0.1) is 0 Å². The van der Waals surface area contributed by atoms with Crippen molar-refractivity contribution in [2.45, 2.75) is 45.6 Å². The van der Waals surface area contributed by atoms with E-state index in [1.807, 2.05) is 25.1 Å². The van der Waals surface area contributed by atoms with Gasteiger partial charge in [0.1, 0.15) is 6.61 Å². The lowest BCUT2D eigenvalue weighted by Crippen LogP contribution is -2.35. The lowest BCUT2D eigenvalue weighted by molar-refractivity contribution is 0.0932. The Morgan fingerprint density at radius 2 is 2.24 bits per heavy atom. The molecule has 0 radical (unpaired) electrons. The van der Waals surface area contributed by atoms with Crippen LogP contribution in [0, 0.1) is 24.7 Å². The van der Waals surface area contributed by atoms with Crippen LogP contribution in [-0.2, 0) is 0 Å². The first kappa shape index (κ1) is 15.6. The SMILES string of the molecule is CCC(CC1CC1)NC(=O)c1ccc(C)cc1C#CCO. The quantitative estimate of drug-likeness (QED) is 0.817. The fraction of sp³-hybridized carbons (Fsp3) is 0.500. The lowest BCUT2D eigenvalue weighted by Gasteiger charge is -2.17. The summed E-state index contributed by atoms with van der Waals surface area (Å²) < 4.78 is 0. The molecular weight excluding hydrogens is 262 g/mol. The zero-order valence-electron chi connectivity index (χ0n) is 12.8. The van der Waals surface area contributed by atoms with Gasteiger partial charge in [-0.2, -0.15) is 0 Å².